The van der Waals surface area contributed by atoms with Crippen molar-refractivity contribution >= 4 is 33.4 Å². The van der Waals surface area contributed by atoms with Gasteiger partial charge in [0.1, 0.15) is 5.82 Å². The Bertz CT molecular complexity index is 467. The molecule has 0 aromatic carbocycles. The first-order valence-corrected chi connectivity index (χ1v) is 6.56. The molecular formula is C12H16BrN3O2. The van der Waals surface area contributed by atoms with Gasteiger partial charge in [-0.2, -0.15) is 0 Å². The van der Waals surface area contributed by atoms with Crippen molar-refractivity contribution in [1.82, 2.24) is 4.98 Å². The second-order valence-corrected chi connectivity index (χ2v) is 5.44. The number of carbonyl (C=O) groups is 1. The standard InChI is InChI=1S/C12H16BrN3O2/c1-7-5-16(6-9(7)12(17)18-2)11-10(13)3-8(14)4-15-11/h3-4,7,9H,5-6,14H2,1-2H3. The maximum absolute atomic E-state index is 11.6. The van der Waals surface area contributed by atoms with Crippen molar-refractivity contribution in [2.75, 3.05) is 30.8 Å². The van der Waals surface area contributed by atoms with Crippen molar-refractivity contribution in [2.24, 2.45) is 11.8 Å². The molecule has 5 nitrogen and oxygen atoms in total. The summed E-state index contributed by atoms with van der Waals surface area (Å²) in [7, 11) is 1.43. The van der Waals surface area contributed by atoms with Crippen LogP contribution in [-0.4, -0.2) is 31.2 Å². The van der Waals surface area contributed by atoms with Crippen LogP contribution in [0.4, 0.5) is 11.5 Å². The average Bonchev–Trinajstić information content (AvgIpc) is 2.70. The van der Waals surface area contributed by atoms with Crippen molar-refractivity contribution < 1.29 is 9.53 Å². The van der Waals surface area contributed by atoms with Gasteiger partial charge in [-0.25, -0.2) is 4.98 Å². The van der Waals surface area contributed by atoms with E-state index < -0.39 is 0 Å². The molecule has 1 aliphatic rings. The Kier molecular flexibility index (Phi) is 3.75. The third kappa shape index (κ3) is 2.43. The SMILES string of the molecule is COC(=O)C1CN(c2ncc(N)cc2Br)CC1C. The van der Waals surface area contributed by atoms with Gasteiger partial charge in [0.05, 0.1) is 29.4 Å². The molecule has 0 amide bonds. The fourth-order valence-corrected chi connectivity index (χ4v) is 2.89. The fourth-order valence-electron chi connectivity index (χ4n) is 2.28. The van der Waals surface area contributed by atoms with Crippen LogP contribution in [0.2, 0.25) is 0 Å². The Labute approximate surface area is 114 Å². The van der Waals surface area contributed by atoms with Crippen LogP contribution in [0.5, 0.6) is 0 Å². The highest BCUT2D eigenvalue weighted by Gasteiger charge is 2.36. The van der Waals surface area contributed by atoms with Gasteiger partial charge in [-0.15, -0.1) is 0 Å². The number of anilines is 2. The summed E-state index contributed by atoms with van der Waals surface area (Å²) in [6, 6.07) is 1.82. The van der Waals surface area contributed by atoms with Gasteiger partial charge in [0.25, 0.3) is 0 Å². The van der Waals surface area contributed by atoms with Crippen molar-refractivity contribution in [2.45, 2.75) is 6.92 Å². The Morgan fingerprint density at radius 2 is 2.33 bits per heavy atom. The molecule has 6 heteroatoms. The van der Waals surface area contributed by atoms with Gasteiger partial charge in [-0.05, 0) is 27.9 Å². The van der Waals surface area contributed by atoms with E-state index in [-0.39, 0.29) is 17.8 Å². The van der Waals surface area contributed by atoms with Crippen LogP contribution in [0.3, 0.4) is 0 Å². The number of ether oxygens (including phenoxy) is 1. The highest BCUT2D eigenvalue weighted by Crippen LogP contribution is 2.32. The number of hydrogen-bond donors (Lipinski definition) is 1. The molecule has 18 heavy (non-hydrogen) atoms. The molecule has 0 aliphatic carbocycles. The van der Waals surface area contributed by atoms with E-state index in [1.165, 1.54) is 7.11 Å². The minimum absolute atomic E-state index is 0.0961. The Morgan fingerprint density at radius 1 is 1.61 bits per heavy atom. The van der Waals surface area contributed by atoms with Gasteiger partial charge >= 0.3 is 5.97 Å². The summed E-state index contributed by atoms with van der Waals surface area (Å²) in [6.45, 7) is 3.46. The highest BCUT2D eigenvalue weighted by molar-refractivity contribution is 9.10. The number of nitrogens with two attached hydrogens (primary N) is 1. The Morgan fingerprint density at radius 3 is 2.94 bits per heavy atom. The summed E-state index contributed by atoms with van der Waals surface area (Å²) in [5, 5.41) is 0. The number of aromatic nitrogens is 1. The first-order chi connectivity index (χ1) is 8.52. The molecule has 0 bridgehead atoms. The zero-order valence-electron chi connectivity index (χ0n) is 10.4. The number of methoxy groups -OCH3 is 1. The molecule has 2 N–H and O–H groups in total. The molecule has 1 aliphatic heterocycles. The van der Waals surface area contributed by atoms with E-state index in [4.69, 9.17) is 10.5 Å². The van der Waals surface area contributed by atoms with Crippen LogP contribution in [0.1, 0.15) is 6.92 Å². The van der Waals surface area contributed by atoms with Gasteiger partial charge in [-0.1, -0.05) is 6.92 Å². The second kappa shape index (κ2) is 5.14. The van der Waals surface area contributed by atoms with Crippen LogP contribution >= 0.6 is 15.9 Å². The lowest BCUT2D eigenvalue weighted by atomic mass is 9.99. The largest absolute Gasteiger partial charge is 0.469 e. The lowest BCUT2D eigenvalue weighted by Crippen LogP contribution is -2.25. The van der Waals surface area contributed by atoms with Crippen LogP contribution in [0.15, 0.2) is 16.7 Å². The predicted molar refractivity (Wildman–Crippen MR) is 73.2 cm³/mol. The van der Waals surface area contributed by atoms with Crippen molar-refractivity contribution in [1.29, 1.82) is 0 Å². The van der Waals surface area contributed by atoms with Crippen molar-refractivity contribution in [3.63, 3.8) is 0 Å². The van der Waals surface area contributed by atoms with Crippen molar-refractivity contribution in [3.05, 3.63) is 16.7 Å². The van der Waals surface area contributed by atoms with E-state index in [2.05, 4.69) is 25.8 Å². The van der Waals surface area contributed by atoms with Gasteiger partial charge in [0.15, 0.2) is 0 Å². The van der Waals surface area contributed by atoms with Crippen molar-refractivity contribution in [3.8, 4) is 0 Å². The monoisotopic (exact) mass is 313 g/mol. The minimum Gasteiger partial charge on any atom is -0.469 e. The Balaban J connectivity index is 2.19. The molecule has 0 saturated carbocycles. The number of hydrogen-bond acceptors (Lipinski definition) is 5. The molecule has 1 aromatic heterocycles. The molecule has 2 unspecified atom stereocenters. The molecule has 2 heterocycles. The van der Waals surface area contributed by atoms with Crippen LogP contribution in [-0.2, 0) is 9.53 Å². The van der Waals surface area contributed by atoms with Crippen LogP contribution in [0.25, 0.3) is 0 Å². The smallest absolute Gasteiger partial charge is 0.310 e. The van der Waals surface area contributed by atoms with E-state index >= 15 is 0 Å². The maximum Gasteiger partial charge on any atom is 0.310 e. The van der Waals surface area contributed by atoms with Crippen LogP contribution < -0.4 is 10.6 Å². The number of nitrogens with zero attached hydrogens (tertiary/aromatic N) is 2. The van der Waals surface area contributed by atoms with Gasteiger partial charge in [0.2, 0.25) is 0 Å². The predicted octanol–water partition coefficient (Wildman–Crippen LogP) is 1.67. The number of pyridine rings is 1. The molecule has 0 radical (unpaired) electrons. The number of rotatable bonds is 2. The average molecular weight is 314 g/mol. The molecule has 98 valence electrons. The molecular weight excluding hydrogens is 298 g/mol. The van der Waals surface area contributed by atoms with Crippen LogP contribution in [0, 0.1) is 11.8 Å². The Hall–Kier alpha value is -1.30. The van der Waals surface area contributed by atoms with Gasteiger partial charge in [-0.3, -0.25) is 4.79 Å². The lowest BCUT2D eigenvalue weighted by Gasteiger charge is -2.18. The third-order valence-electron chi connectivity index (χ3n) is 3.26. The molecule has 1 fully saturated rings. The fraction of sp³-hybridized carbons (Fsp3) is 0.500. The zero-order chi connectivity index (χ0) is 13.3. The number of nitrogen functional groups attached to an aromatic ring is 1. The highest BCUT2D eigenvalue weighted by atomic mass is 79.9. The summed E-state index contributed by atoms with van der Waals surface area (Å²) in [5.41, 5.74) is 6.28. The number of halogens is 1. The van der Waals surface area contributed by atoms with E-state index in [9.17, 15) is 4.79 Å². The first-order valence-electron chi connectivity index (χ1n) is 5.76. The topological polar surface area (TPSA) is 68.5 Å². The molecule has 1 aromatic rings. The summed E-state index contributed by atoms with van der Waals surface area (Å²) >= 11 is 3.45. The summed E-state index contributed by atoms with van der Waals surface area (Å²) in [6.07, 6.45) is 1.62. The number of carbonyl (C=O) groups excluding carboxylic acids is 1. The van der Waals surface area contributed by atoms with Gasteiger partial charge < -0.3 is 15.4 Å². The molecule has 1 saturated heterocycles. The maximum atomic E-state index is 11.6. The minimum atomic E-state index is -0.156. The lowest BCUT2D eigenvalue weighted by molar-refractivity contribution is -0.145. The normalized spacial score (nSPS) is 23.2. The van der Waals surface area contributed by atoms with E-state index in [1.807, 2.05) is 13.0 Å². The second-order valence-electron chi connectivity index (χ2n) is 4.59. The third-order valence-corrected chi connectivity index (χ3v) is 3.84. The molecule has 2 rings (SSSR count). The van der Waals surface area contributed by atoms with E-state index in [0.29, 0.717) is 12.2 Å². The summed E-state index contributed by atoms with van der Waals surface area (Å²) in [4.78, 5) is 18.0. The van der Waals surface area contributed by atoms with Gasteiger partial charge in [0, 0.05) is 13.1 Å². The quantitative estimate of drug-likeness (QED) is 0.841. The first kappa shape index (κ1) is 13.1. The summed E-state index contributed by atoms with van der Waals surface area (Å²) in [5.74, 6) is 0.823. The summed E-state index contributed by atoms with van der Waals surface area (Å²) < 4.78 is 5.67. The zero-order valence-corrected chi connectivity index (χ0v) is 12.0. The number of esters is 1. The van der Waals surface area contributed by atoms with E-state index in [0.717, 1.165) is 16.8 Å². The molecule has 2 atom stereocenters. The van der Waals surface area contributed by atoms with E-state index in [1.54, 1.807) is 6.20 Å². The molecule has 0 spiro atoms.